The molecule has 1 fully saturated rings. The number of hydrogen-bond acceptors (Lipinski definition) is 6. The van der Waals surface area contributed by atoms with Gasteiger partial charge < -0.3 is 14.4 Å². The second kappa shape index (κ2) is 11.5. The highest BCUT2D eigenvalue weighted by molar-refractivity contribution is 7.12. The van der Waals surface area contributed by atoms with Crippen molar-refractivity contribution in [1.29, 1.82) is 0 Å². The van der Waals surface area contributed by atoms with Crippen LogP contribution in [0.5, 0.6) is 11.5 Å². The average molecular weight is 478 g/mol. The summed E-state index contributed by atoms with van der Waals surface area (Å²) in [6, 6.07) is 16.5. The predicted molar refractivity (Wildman–Crippen MR) is 133 cm³/mol. The van der Waals surface area contributed by atoms with E-state index < -0.39 is 0 Å². The zero-order chi connectivity index (χ0) is 23.8. The third-order valence-corrected chi connectivity index (χ3v) is 6.42. The molecule has 0 saturated carbocycles. The lowest BCUT2D eigenvalue weighted by Gasteiger charge is -2.26. The summed E-state index contributed by atoms with van der Waals surface area (Å²) in [5, 5.41) is 5.85. The Morgan fingerprint density at radius 1 is 1.06 bits per heavy atom. The SMILES string of the molecule is COc1cc(/C=N/NC(=O)c2cccs2)ccc1OCc1ccc(C(=O)N2CCCCC2)cc1. The first-order chi connectivity index (χ1) is 16.6. The van der Waals surface area contributed by atoms with Crippen molar-refractivity contribution in [2.45, 2.75) is 25.9 Å². The molecule has 2 aromatic carbocycles. The molecule has 176 valence electrons. The molecule has 1 N–H and O–H groups in total. The standard InChI is InChI=1S/C26H27N3O4S/c1-32-23-16-20(17-27-28-25(30)24-6-5-15-34-24)9-12-22(23)33-18-19-7-10-21(11-8-19)26(31)29-13-3-2-4-14-29/h5-12,15-17H,2-4,13-14,18H2,1H3,(H,28,30)/b27-17+. The summed E-state index contributed by atoms with van der Waals surface area (Å²) < 4.78 is 11.4. The van der Waals surface area contributed by atoms with Gasteiger partial charge in [0.1, 0.15) is 6.61 Å². The Morgan fingerprint density at radius 3 is 2.56 bits per heavy atom. The summed E-state index contributed by atoms with van der Waals surface area (Å²) in [7, 11) is 1.57. The van der Waals surface area contributed by atoms with E-state index in [2.05, 4.69) is 10.5 Å². The molecule has 7 nitrogen and oxygen atoms in total. The molecule has 1 aromatic heterocycles. The number of carbonyl (C=O) groups is 2. The van der Waals surface area contributed by atoms with Crippen LogP contribution in [0.2, 0.25) is 0 Å². The highest BCUT2D eigenvalue weighted by Gasteiger charge is 2.18. The van der Waals surface area contributed by atoms with Crippen LogP contribution >= 0.6 is 11.3 Å². The number of rotatable bonds is 8. The Bertz CT molecular complexity index is 1140. The van der Waals surface area contributed by atoms with Crippen LogP contribution in [0.25, 0.3) is 0 Å². The Balaban J connectivity index is 1.33. The van der Waals surface area contributed by atoms with Crippen molar-refractivity contribution in [1.82, 2.24) is 10.3 Å². The van der Waals surface area contributed by atoms with Crippen LogP contribution in [0.1, 0.15) is 50.4 Å². The zero-order valence-electron chi connectivity index (χ0n) is 19.0. The second-order valence-corrected chi connectivity index (χ2v) is 8.87. The largest absolute Gasteiger partial charge is 0.493 e. The number of ether oxygens (including phenoxy) is 2. The quantitative estimate of drug-likeness (QED) is 0.376. The summed E-state index contributed by atoms with van der Waals surface area (Å²) in [5.74, 6) is 1.00. The Labute approximate surface area is 203 Å². The third kappa shape index (κ3) is 6.02. The van der Waals surface area contributed by atoms with Crippen LogP contribution in [-0.2, 0) is 6.61 Å². The summed E-state index contributed by atoms with van der Waals surface area (Å²) >= 11 is 1.36. The summed E-state index contributed by atoms with van der Waals surface area (Å²) in [6.45, 7) is 2.02. The molecule has 2 amide bonds. The molecule has 0 atom stereocenters. The van der Waals surface area contributed by atoms with E-state index in [1.165, 1.54) is 17.8 Å². The summed E-state index contributed by atoms with van der Waals surface area (Å²) in [6.07, 6.45) is 4.90. The molecular weight excluding hydrogens is 450 g/mol. The third-order valence-electron chi connectivity index (χ3n) is 5.55. The fourth-order valence-corrected chi connectivity index (χ4v) is 4.31. The molecule has 1 saturated heterocycles. The van der Waals surface area contributed by atoms with Crippen LogP contribution in [0.4, 0.5) is 0 Å². The lowest BCUT2D eigenvalue weighted by Crippen LogP contribution is -2.35. The Morgan fingerprint density at radius 2 is 1.85 bits per heavy atom. The average Bonchev–Trinajstić information content (AvgIpc) is 3.43. The molecule has 1 aliphatic heterocycles. The second-order valence-electron chi connectivity index (χ2n) is 7.93. The van der Waals surface area contributed by atoms with Gasteiger partial charge in [-0.2, -0.15) is 5.10 Å². The van der Waals surface area contributed by atoms with E-state index in [1.807, 2.05) is 46.7 Å². The predicted octanol–water partition coefficient (Wildman–Crippen LogP) is 4.73. The van der Waals surface area contributed by atoms with Crippen molar-refractivity contribution >= 4 is 29.4 Å². The van der Waals surface area contributed by atoms with Gasteiger partial charge >= 0.3 is 0 Å². The number of methoxy groups -OCH3 is 1. The Hall–Kier alpha value is -3.65. The molecule has 0 unspecified atom stereocenters. The number of benzene rings is 2. The smallest absolute Gasteiger partial charge is 0.281 e. The molecule has 2 heterocycles. The topological polar surface area (TPSA) is 80.2 Å². The highest BCUT2D eigenvalue weighted by atomic mass is 32.1. The number of hydrogen-bond donors (Lipinski definition) is 1. The van der Waals surface area contributed by atoms with Crippen molar-refractivity contribution in [3.05, 3.63) is 81.5 Å². The molecule has 8 heteroatoms. The van der Waals surface area contributed by atoms with Crippen molar-refractivity contribution in [2.24, 2.45) is 5.10 Å². The van der Waals surface area contributed by atoms with Crippen LogP contribution in [0.3, 0.4) is 0 Å². The van der Waals surface area contributed by atoms with Crippen LogP contribution in [0.15, 0.2) is 65.1 Å². The van der Waals surface area contributed by atoms with Crippen LogP contribution < -0.4 is 14.9 Å². The molecule has 0 spiro atoms. The minimum absolute atomic E-state index is 0.0951. The maximum Gasteiger partial charge on any atom is 0.281 e. The van der Waals surface area contributed by atoms with Gasteiger partial charge in [0.25, 0.3) is 11.8 Å². The van der Waals surface area contributed by atoms with E-state index >= 15 is 0 Å². The first kappa shape index (κ1) is 23.5. The van der Waals surface area contributed by atoms with E-state index in [0.717, 1.165) is 37.1 Å². The molecule has 0 bridgehead atoms. The van der Waals surface area contributed by atoms with E-state index in [4.69, 9.17) is 9.47 Å². The minimum Gasteiger partial charge on any atom is -0.493 e. The minimum atomic E-state index is -0.248. The normalized spacial score (nSPS) is 13.6. The van der Waals surface area contributed by atoms with Gasteiger partial charge in [-0.1, -0.05) is 18.2 Å². The monoisotopic (exact) mass is 477 g/mol. The van der Waals surface area contributed by atoms with Gasteiger partial charge in [0.2, 0.25) is 0 Å². The van der Waals surface area contributed by atoms with Crippen molar-refractivity contribution in [3.63, 3.8) is 0 Å². The highest BCUT2D eigenvalue weighted by Crippen LogP contribution is 2.28. The Kier molecular flexibility index (Phi) is 7.93. The molecule has 3 aromatic rings. The first-order valence-electron chi connectivity index (χ1n) is 11.2. The lowest BCUT2D eigenvalue weighted by atomic mass is 10.1. The van der Waals surface area contributed by atoms with Crippen LogP contribution in [-0.4, -0.2) is 43.1 Å². The summed E-state index contributed by atoms with van der Waals surface area (Å²) in [4.78, 5) is 27.1. The van der Waals surface area contributed by atoms with Gasteiger partial charge in [0.05, 0.1) is 18.2 Å². The van der Waals surface area contributed by atoms with Crippen molar-refractivity contribution in [3.8, 4) is 11.5 Å². The van der Waals surface area contributed by atoms with Crippen LogP contribution in [0, 0.1) is 0 Å². The first-order valence-corrected chi connectivity index (χ1v) is 12.1. The van der Waals surface area contributed by atoms with Gasteiger partial charge in [-0.25, -0.2) is 5.43 Å². The molecular formula is C26H27N3O4S. The molecule has 0 aliphatic carbocycles. The van der Waals surface area contributed by atoms with Gasteiger partial charge in [-0.3, -0.25) is 9.59 Å². The number of piperidine rings is 1. The maximum absolute atomic E-state index is 12.6. The van der Waals surface area contributed by atoms with E-state index in [-0.39, 0.29) is 11.8 Å². The van der Waals surface area contributed by atoms with Crippen molar-refractivity contribution < 1.29 is 19.1 Å². The van der Waals surface area contributed by atoms with Gasteiger partial charge in [-0.15, -0.1) is 11.3 Å². The fourth-order valence-electron chi connectivity index (χ4n) is 3.70. The number of hydrazone groups is 1. The van der Waals surface area contributed by atoms with Gasteiger partial charge in [0, 0.05) is 18.7 Å². The maximum atomic E-state index is 12.6. The summed E-state index contributed by atoms with van der Waals surface area (Å²) in [5.41, 5.74) is 4.93. The lowest BCUT2D eigenvalue weighted by molar-refractivity contribution is 0.0724. The number of thiophene rings is 1. The number of nitrogens with one attached hydrogen (secondary N) is 1. The van der Waals surface area contributed by atoms with E-state index in [0.29, 0.717) is 28.5 Å². The zero-order valence-corrected chi connectivity index (χ0v) is 19.8. The molecule has 4 rings (SSSR count). The fraction of sp³-hybridized carbons (Fsp3) is 0.269. The number of carbonyl (C=O) groups excluding carboxylic acids is 2. The number of amides is 2. The van der Waals surface area contributed by atoms with E-state index in [1.54, 1.807) is 31.5 Å². The van der Waals surface area contributed by atoms with Gasteiger partial charge in [0.15, 0.2) is 11.5 Å². The number of likely N-dealkylation sites (tertiary alicyclic amines) is 1. The van der Waals surface area contributed by atoms with Crippen molar-refractivity contribution in [2.75, 3.05) is 20.2 Å². The molecule has 0 radical (unpaired) electrons. The van der Waals surface area contributed by atoms with Gasteiger partial charge in [-0.05, 0) is 72.2 Å². The molecule has 34 heavy (non-hydrogen) atoms. The van der Waals surface area contributed by atoms with E-state index in [9.17, 15) is 9.59 Å². The number of nitrogens with zero attached hydrogens (tertiary/aromatic N) is 2. The molecule has 1 aliphatic rings.